The van der Waals surface area contributed by atoms with Gasteiger partial charge in [0.2, 0.25) is 5.91 Å². The van der Waals surface area contributed by atoms with Gasteiger partial charge in [-0.1, -0.05) is 0 Å². The van der Waals surface area contributed by atoms with E-state index in [1.807, 2.05) is 18.4 Å². The summed E-state index contributed by atoms with van der Waals surface area (Å²) in [6.07, 6.45) is 0. The Morgan fingerprint density at radius 1 is 1.47 bits per heavy atom. The zero-order chi connectivity index (χ0) is 12.8. The van der Waals surface area contributed by atoms with E-state index >= 15 is 0 Å². The predicted octanol–water partition coefficient (Wildman–Crippen LogP) is 1.76. The lowest BCUT2D eigenvalue weighted by atomic mass is 10.3. The minimum absolute atomic E-state index is 0.0265. The number of hydrogen-bond donors (Lipinski definition) is 1. The summed E-state index contributed by atoms with van der Waals surface area (Å²) < 4.78 is 0.818. The van der Waals surface area contributed by atoms with E-state index < -0.39 is 0 Å². The molecule has 0 unspecified atom stereocenters. The first kappa shape index (κ1) is 14.3. The smallest absolute Gasteiger partial charge is 0.234 e. The number of carbonyl (C=O) groups excluding carboxylic acids is 2. The molecule has 1 aromatic heterocycles. The summed E-state index contributed by atoms with van der Waals surface area (Å²) in [5.41, 5.74) is 0. The molecule has 0 saturated carbocycles. The van der Waals surface area contributed by atoms with E-state index in [2.05, 4.69) is 21.2 Å². The van der Waals surface area contributed by atoms with E-state index in [9.17, 15) is 9.59 Å². The van der Waals surface area contributed by atoms with Crippen LogP contribution in [0.4, 0.5) is 0 Å². The van der Waals surface area contributed by atoms with Crippen LogP contribution in [0, 0.1) is 0 Å². The van der Waals surface area contributed by atoms with Crippen molar-refractivity contribution in [2.75, 3.05) is 26.7 Å². The molecule has 0 spiro atoms. The van der Waals surface area contributed by atoms with Gasteiger partial charge in [0.1, 0.15) is 0 Å². The number of amides is 1. The lowest BCUT2D eigenvalue weighted by Crippen LogP contribution is -2.37. The Balaban J connectivity index is 2.46. The molecular weight excluding hydrogens is 304 g/mol. The SMILES string of the molecule is CCNC(=O)CN(C)CC(=O)c1sccc1Br. The first-order chi connectivity index (χ1) is 8.04. The van der Waals surface area contributed by atoms with Gasteiger partial charge in [0, 0.05) is 11.0 Å². The first-order valence-corrected chi connectivity index (χ1v) is 6.93. The van der Waals surface area contributed by atoms with Crippen LogP contribution in [0.3, 0.4) is 0 Å². The van der Waals surface area contributed by atoms with Crippen LogP contribution in [0.2, 0.25) is 0 Å². The molecule has 0 aliphatic heterocycles. The maximum atomic E-state index is 11.9. The van der Waals surface area contributed by atoms with Crippen LogP contribution in [0.5, 0.6) is 0 Å². The summed E-state index contributed by atoms with van der Waals surface area (Å²) in [4.78, 5) is 25.6. The van der Waals surface area contributed by atoms with Crippen molar-refractivity contribution in [3.8, 4) is 0 Å². The first-order valence-electron chi connectivity index (χ1n) is 5.26. The minimum Gasteiger partial charge on any atom is -0.355 e. The number of ketones is 1. The third-order valence-electron chi connectivity index (χ3n) is 2.07. The van der Waals surface area contributed by atoms with Crippen molar-refractivity contribution in [3.05, 3.63) is 20.8 Å². The molecule has 0 aliphatic rings. The fraction of sp³-hybridized carbons (Fsp3) is 0.455. The van der Waals surface area contributed by atoms with Crippen molar-refractivity contribution in [1.29, 1.82) is 0 Å². The molecule has 0 aromatic carbocycles. The maximum Gasteiger partial charge on any atom is 0.234 e. The quantitative estimate of drug-likeness (QED) is 0.813. The molecule has 0 aliphatic carbocycles. The van der Waals surface area contributed by atoms with Crippen LogP contribution in [-0.4, -0.2) is 43.3 Å². The van der Waals surface area contributed by atoms with E-state index in [1.165, 1.54) is 11.3 Å². The van der Waals surface area contributed by atoms with E-state index in [0.717, 1.165) is 4.47 Å². The van der Waals surface area contributed by atoms with Crippen molar-refractivity contribution in [1.82, 2.24) is 10.2 Å². The Bertz CT molecular complexity index is 406. The van der Waals surface area contributed by atoms with Crippen molar-refractivity contribution in [2.24, 2.45) is 0 Å². The maximum absolute atomic E-state index is 11.9. The molecule has 4 nitrogen and oxygen atoms in total. The zero-order valence-corrected chi connectivity index (χ0v) is 12.2. The molecule has 0 fully saturated rings. The van der Waals surface area contributed by atoms with Gasteiger partial charge in [-0.3, -0.25) is 14.5 Å². The van der Waals surface area contributed by atoms with Crippen LogP contribution in [0.15, 0.2) is 15.9 Å². The molecule has 1 N–H and O–H groups in total. The molecule has 94 valence electrons. The third-order valence-corrected chi connectivity index (χ3v) is 3.95. The van der Waals surface area contributed by atoms with Crippen molar-refractivity contribution >= 4 is 39.0 Å². The van der Waals surface area contributed by atoms with E-state index in [-0.39, 0.29) is 24.8 Å². The van der Waals surface area contributed by atoms with Gasteiger partial charge < -0.3 is 5.32 Å². The highest BCUT2D eigenvalue weighted by molar-refractivity contribution is 9.10. The fourth-order valence-electron chi connectivity index (χ4n) is 1.36. The van der Waals surface area contributed by atoms with Crippen LogP contribution in [0.1, 0.15) is 16.6 Å². The number of carbonyl (C=O) groups is 2. The number of Topliss-reactive ketones (excluding diaryl/α,β-unsaturated/α-hetero) is 1. The normalized spacial score (nSPS) is 10.6. The number of nitrogens with zero attached hydrogens (tertiary/aromatic N) is 1. The number of rotatable bonds is 6. The highest BCUT2D eigenvalue weighted by atomic mass is 79.9. The van der Waals surface area contributed by atoms with Gasteiger partial charge in [-0.2, -0.15) is 0 Å². The summed E-state index contributed by atoms with van der Waals surface area (Å²) in [7, 11) is 1.76. The lowest BCUT2D eigenvalue weighted by molar-refractivity contribution is -0.121. The van der Waals surface area contributed by atoms with Crippen LogP contribution >= 0.6 is 27.3 Å². The second-order valence-corrected chi connectivity index (χ2v) is 5.42. The molecule has 1 amide bonds. The number of halogens is 1. The molecule has 1 heterocycles. The van der Waals surface area contributed by atoms with Crippen LogP contribution in [0.25, 0.3) is 0 Å². The second-order valence-electron chi connectivity index (χ2n) is 3.65. The average Bonchev–Trinajstić information content (AvgIpc) is 2.64. The second kappa shape index (κ2) is 6.88. The summed E-state index contributed by atoms with van der Waals surface area (Å²) in [5, 5.41) is 4.56. The van der Waals surface area contributed by atoms with Gasteiger partial charge in [-0.05, 0) is 41.3 Å². The highest BCUT2D eigenvalue weighted by Gasteiger charge is 2.15. The fourth-order valence-corrected chi connectivity index (χ4v) is 2.89. The molecule has 0 saturated heterocycles. The number of nitrogens with one attached hydrogen (secondary N) is 1. The molecule has 0 bridgehead atoms. The van der Waals surface area contributed by atoms with Gasteiger partial charge >= 0.3 is 0 Å². The van der Waals surface area contributed by atoms with Crippen molar-refractivity contribution in [2.45, 2.75) is 6.92 Å². The lowest BCUT2D eigenvalue weighted by Gasteiger charge is -2.14. The highest BCUT2D eigenvalue weighted by Crippen LogP contribution is 2.23. The minimum atomic E-state index is -0.0620. The molecule has 0 atom stereocenters. The number of likely N-dealkylation sites (N-methyl/N-ethyl adjacent to an activating group) is 2. The Morgan fingerprint density at radius 3 is 2.71 bits per heavy atom. The topological polar surface area (TPSA) is 49.4 Å². The Hall–Kier alpha value is -0.720. The molecule has 1 rings (SSSR count). The standard InChI is InChI=1S/C11H15BrN2O2S/c1-3-13-10(16)7-14(2)6-9(15)11-8(12)4-5-17-11/h4-5H,3,6-7H2,1-2H3,(H,13,16). The number of thiophene rings is 1. The Kier molecular flexibility index (Phi) is 5.80. The zero-order valence-electron chi connectivity index (χ0n) is 9.83. The summed E-state index contributed by atoms with van der Waals surface area (Å²) >= 11 is 4.73. The Labute approximate surface area is 113 Å². The van der Waals surface area contributed by atoms with Gasteiger partial charge in [0.15, 0.2) is 5.78 Å². The summed E-state index contributed by atoms with van der Waals surface area (Å²) in [6, 6.07) is 1.85. The average molecular weight is 319 g/mol. The van der Waals surface area contributed by atoms with Gasteiger partial charge in [0.25, 0.3) is 0 Å². The largest absolute Gasteiger partial charge is 0.355 e. The molecular formula is C11H15BrN2O2S. The van der Waals surface area contributed by atoms with Crippen LogP contribution < -0.4 is 5.32 Å². The van der Waals surface area contributed by atoms with Gasteiger partial charge in [-0.15, -0.1) is 11.3 Å². The summed E-state index contributed by atoms with van der Waals surface area (Å²) in [6.45, 7) is 2.96. The monoisotopic (exact) mass is 318 g/mol. The predicted molar refractivity (Wildman–Crippen MR) is 72.5 cm³/mol. The van der Waals surface area contributed by atoms with Gasteiger partial charge in [-0.25, -0.2) is 0 Å². The van der Waals surface area contributed by atoms with E-state index in [1.54, 1.807) is 11.9 Å². The van der Waals surface area contributed by atoms with E-state index in [4.69, 9.17) is 0 Å². The third kappa shape index (κ3) is 4.57. The number of hydrogen-bond acceptors (Lipinski definition) is 4. The van der Waals surface area contributed by atoms with Crippen LogP contribution in [-0.2, 0) is 4.79 Å². The molecule has 0 radical (unpaired) electrons. The van der Waals surface area contributed by atoms with Crippen molar-refractivity contribution in [3.63, 3.8) is 0 Å². The van der Waals surface area contributed by atoms with Gasteiger partial charge in [0.05, 0.1) is 18.0 Å². The summed E-state index contributed by atoms with van der Waals surface area (Å²) in [5.74, 6) is -0.0354. The Morgan fingerprint density at radius 2 is 2.18 bits per heavy atom. The molecule has 17 heavy (non-hydrogen) atoms. The molecule has 1 aromatic rings. The van der Waals surface area contributed by atoms with E-state index in [0.29, 0.717) is 11.4 Å². The molecule has 6 heteroatoms. The van der Waals surface area contributed by atoms with Crippen molar-refractivity contribution < 1.29 is 9.59 Å².